The van der Waals surface area contributed by atoms with Crippen molar-refractivity contribution in [1.29, 1.82) is 0 Å². The maximum atomic E-state index is 11.8. The summed E-state index contributed by atoms with van der Waals surface area (Å²) in [6, 6.07) is 7.48. The lowest BCUT2D eigenvalue weighted by molar-refractivity contribution is -0.145. The van der Waals surface area contributed by atoms with Crippen molar-refractivity contribution >= 4 is 18.0 Å². The van der Waals surface area contributed by atoms with E-state index >= 15 is 0 Å². The third-order valence-electron chi connectivity index (χ3n) is 2.90. The molecule has 1 aromatic carbocycles. The Balaban J connectivity index is 2.49. The first kappa shape index (κ1) is 16.5. The standard InChI is InChI=1S/C14H18N2O5/c1-16(8-7-10-5-3-2-4-6-10)14(21)15-11(13(19)20)9-12(17)18/h2-6,11H,7-9H2,1H3,(H,15,21)(H,17,18)(H,19,20). The van der Waals surface area contributed by atoms with Gasteiger partial charge in [0.15, 0.2) is 0 Å². The number of carbonyl (C=O) groups excluding carboxylic acids is 1. The molecule has 0 fully saturated rings. The van der Waals surface area contributed by atoms with Crippen LogP contribution >= 0.6 is 0 Å². The highest BCUT2D eigenvalue weighted by Crippen LogP contribution is 2.01. The van der Waals surface area contributed by atoms with E-state index in [2.05, 4.69) is 5.32 Å². The van der Waals surface area contributed by atoms with Gasteiger partial charge in [0, 0.05) is 13.6 Å². The number of nitrogens with zero attached hydrogens (tertiary/aromatic N) is 1. The second-order valence-electron chi connectivity index (χ2n) is 4.60. The van der Waals surface area contributed by atoms with Gasteiger partial charge in [-0.05, 0) is 12.0 Å². The Bertz CT molecular complexity index is 503. The predicted molar refractivity (Wildman–Crippen MR) is 75.0 cm³/mol. The molecule has 0 bridgehead atoms. The zero-order valence-corrected chi connectivity index (χ0v) is 11.7. The molecule has 0 aliphatic heterocycles. The molecular weight excluding hydrogens is 276 g/mol. The number of rotatable bonds is 7. The Kier molecular flexibility index (Phi) is 6.19. The molecule has 7 nitrogen and oxygen atoms in total. The zero-order valence-electron chi connectivity index (χ0n) is 11.7. The minimum atomic E-state index is -1.44. The molecule has 21 heavy (non-hydrogen) atoms. The van der Waals surface area contributed by atoms with Crippen molar-refractivity contribution in [3.05, 3.63) is 35.9 Å². The Labute approximate surface area is 122 Å². The van der Waals surface area contributed by atoms with Crippen LogP contribution in [0.2, 0.25) is 0 Å². The van der Waals surface area contributed by atoms with E-state index in [0.717, 1.165) is 5.56 Å². The third kappa shape index (κ3) is 5.94. The largest absolute Gasteiger partial charge is 0.481 e. The number of nitrogens with one attached hydrogen (secondary N) is 1. The van der Waals surface area contributed by atoms with Crippen LogP contribution in [0.25, 0.3) is 0 Å². The molecular formula is C14H18N2O5. The fraction of sp³-hybridized carbons (Fsp3) is 0.357. The van der Waals surface area contributed by atoms with Crippen LogP contribution in [0, 0.1) is 0 Å². The molecule has 0 spiro atoms. The maximum Gasteiger partial charge on any atom is 0.326 e. The topological polar surface area (TPSA) is 107 Å². The number of hydrogen-bond donors (Lipinski definition) is 3. The molecule has 7 heteroatoms. The van der Waals surface area contributed by atoms with Crippen molar-refractivity contribution in [1.82, 2.24) is 10.2 Å². The van der Waals surface area contributed by atoms with E-state index < -0.39 is 30.4 Å². The molecule has 2 amide bonds. The third-order valence-corrected chi connectivity index (χ3v) is 2.90. The van der Waals surface area contributed by atoms with Gasteiger partial charge < -0.3 is 20.4 Å². The van der Waals surface area contributed by atoms with Gasteiger partial charge in [-0.15, -0.1) is 0 Å². The van der Waals surface area contributed by atoms with Gasteiger partial charge in [0.1, 0.15) is 6.04 Å². The highest BCUT2D eigenvalue weighted by atomic mass is 16.4. The van der Waals surface area contributed by atoms with Crippen molar-refractivity contribution in [3.63, 3.8) is 0 Å². The van der Waals surface area contributed by atoms with Gasteiger partial charge in [-0.2, -0.15) is 0 Å². The van der Waals surface area contributed by atoms with Crippen molar-refractivity contribution < 1.29 is 24.6 Å². The minimum Gasteiger partial charge on any atom is -0.481 e. The second kappa shape index (κ2) is 7.88. The summed E-state index contributed by atoms with van der Waals surface area (Å²) in [5.41, 5.74) is 1.05. The van der Waals surface area contributed by atoms with Crippen molar-refractivity contribution in [2.75, 3.05) is 13.6 Å². The lowest BCUT2D eigenvalue weighted by Crippen LogP contribution is -2.48. The molecule has 0 saturated heterocycles. The molecule has 1 atom stereocenters. The van der Waals surface area contributed by atoms with Crippen LogP contribution in [0.1, 0.15) is 12.0 Å². The number of carboxylic acids is 2. The van der Waals surface area contributed by atoms with Gasteiger partial charge in [0.2, 0.25) is 0 Å². The molecule has 0 aliphatic rings. The lowest BCUT2D eigenvalue weighted by Gasteiger charge is -2.20. The normalized spacial score (nSPS) is 11.5. The summed E-state index contributed by atoms with van der Waals surface area (Å²) < 4.78 is 0. The lowest BCUT2D eigenvalue weighted by atomic mass is 10.1. The summed E-state index contributed by atoms with van der Waals surface area (Å²) in [6.45, 7) is 0.398. The maximum absolute atomic E-state index is 11.8. The van der Waals surface area contributed by atoms with Crippen molar-refractivity contribution in [3.8, 4) is 0 Å². The Morgan fingerprint density at radius 3 is 2.33 bits per heavy atom. The Morgan fingerprint density at radius 2 is 1.81 bits per heavy atom. The first-order valence-electron chi connectivity index (χ1n) is 6.40. The minimum absolute atomic E-state index is 0.398. The van der Waals surface area contributed by atoms with Crippen LogP contribution in [-0.2, 0) is 16.0 Å². The number of likely N-dealkylation sites (N-methyl/N-ethyl adjacent to an activating group) is 1. The van der Waals surface area contributed by atoms with Crippen LogP contribution in [0.3, 0.4) is 0 Å². The van der Waals surface area contributed by atoms with Crippen molar-refractivity contribution in [2.45, 2.75) is 18.9 Å². The van der Waals surface area contributed by atoms with E-state index in [0.29, 0.717) is 13.0 Å². The van der Waals surface area contributed by atoms with Gasteiger partial charge in [-0.25, -0.2) is 9.59 Å². The molecule has 1 rings (SSSR count). The van der Waals surface area contributed by atoms with Crippen LogP contribution in [0.15, 0.2) is 30.3 Å². The Morgan fingerprint density at radius 1 is 1.19 bits per heavy atom. The van der Waals surface area contributed by atoms with Crippen LogP contribution in [-0.4, -0.2) is 52.7 Å². The summed E-state index contributed by atoms with van der Waals surface area (Å²) in [6.07, 6.45) is -0.0327. The molecule has 1 aromatic rings. The van der Waals surface area contributed by atoms with E-state index in [9.17, 15) is 14.4 Å². The van der Waals surface area contributed by atoms with E-state index in [1.54, 1.807) is 0 Å². The number of hydrogen-bond acceptors (Lipinski definition) is 3. The van der Waals surface area contributed by atoms with Gasteiger partial charge in [0.25, 0.3) is 0 Å². The second-order valence-corrected chi connectivity index (χ2v) is 4.60. The van der Waals surface area contributed by atoms with Gasteiger partial charge in [-0.1, -0.05) is 30.3 Å². The molecule has 0 saturated carbocycles. The number of benzene rings is 1. The number of amides is 2. The van der Waals surface area contributed by atoms with Crippen LogP contribution < -0.4 is 5.32 Å². The Hall–Kier alpha value is -2.57. The van der Waals surface area contributed by atoms with Gasteiger partial charge >= 0.3 is 18.0 Å². The summed E-state index contributed by atoms with van der Waals surface area (Å²) in [4.78, 5) is 34.6. The SMILES string of the molecule is CN(CCc1ccccc1)C(=O)NC(CC(=O)O)C(=O)O. The average molecular weight is 294 g/mol. The van der Waals surface area contributed by atoms with E-state index in [-0.39, 0.29) is 0 Å². The molecule has 3 N–H and O–H groups in total. The number of urea groups is 1. The number of aliphatic carboxylic acids is 2. The average Bonchev–Trinajstić information content (AvgIpc) is 2.44. The van der Waals surface area contributed by atoms with Crippen molar-refractivity contribution in [2.24, 2.45) is 0 Å². The van der Waals surface area contributed by atoms with E-state index in [1.807, 2.05) is 30.3 Å². The predicted octanol–water partition coefficient (Wildman–Crippen LogP) is 0.798. The smallest absolute Gasteiger partial charge is 0.326 e. The number of carbonyl (C=O) groups is 3. The van der Waals surface area contributed by atoms with Crippen LogP contribution in [0.5, 0.6) is 0 Å². The molecule has 1 unspecified atom stereocenters. The molecule has 0 radical (unpaired) electrons. The van der Waals surface area contributed by atoms with Gasteiger partial charge in [-0.3, -0.25) is 4.79 Å². The first-order chi connectivity index (χ1) is 9.90. The summed E-state index contributed by atoms with van der Waals surface area (Å²) in [5, 5.41) is 19.7. The fourth-order valence-electron chi connectivity index (χ4n) is 1.68. The summed E-state index contributed by atoms with van der Waals surface area (Å²) >= 11 is 0. The monoisotopic (exact) mass is 294 g/mol. The molecule has 0 aliphatic carbocycles. The highest BCUT2D eigenvalue weighted by molar-refractivity contribution is 5.86. The summed E-state index contributed by atoms with van der Waals surface area (Å²) in [7, 11) is 1.53. The quantitative estimate of drug-likeness (QED) is 0.689. The fourth-order valence-corrected chi connectivity index (χ4v) is 1.68. The summed E-state index contributed by atoms with van der Waals surface area (Å²) in [5.74, 6) is -2.66. The highest BCUT2D eigenvalue weighted by Gasteiger charge is 2.24. The molecule has 0 heterocycles. The van der Waals surface area contributed by atoms with Crippen LogP contribution in [0.4, 0.5) is 4.79 Å². The van der Waals surface area contributed by atoms with E-state index in [1.165, 1.54) is 11.9 Å². The number of carboxylic acid groups (broad SMARTS) is 2. The first-order valence-corrected chi connectivity index (χ1v) is 6.40. The zero-order chi connectivity index (χ0) is 15.8. The van der Waals surface area contributed by atoms with Gasteiger partial charge in [0.05, 0.1) is 6.42 Å². The molecule has 0 aromatic heterocycles. The molecule has 114 valence electrons. The van der Waals surface area contributed by atoms with E-state index in [4.69, 9.17) is 10.2 Å².